The van der Waals surface area contributed by atoms with Gasteiger partial charge in [0, 0.05) is 48.8 Å². The molecule has 0 spiro atoms. The van der Waals surface area contributed by atoms with Crippen molar-refractivity contribution >= 4 is 35.7 Å². The van der Waals surface area contributed by atoms with Gasteiger partial charge in [-0.25, -0.2) is 4.79 Å². The van der Waals surface area contributed by atoms with Gasteiger partial charge in [-0.05, 0) is 17.7 Å². The molecule has 0 amide bonds. The van der Waals surface area contributed by atoms with Gasteiger partial charge in [0.1, 0.15) is 18.4 Å². The van der Waals surface area contributed by atoms with Gasteiger partial charge < -0.3 is 19.4 Å². The number of nitrogens with zero attached hydrogens (tertiary/aromatic N) is 2. The Hall–Kier alpha value is -2.55. The highest BCUT2D eigenvalue weighted by Crippen LogP contribution is 2.35. The van der Waals surface area contributed by atoms with Crippen LogP contribution in [0, 0.1) is 0 Å². The van der Waals surface area contributed by atoms with Crippen LogP contribution in [0.25, 0.3) is 11.1 Å². The molecule has 1 aromatic heterocycles. The van der Waals surface area contributed by atoms with E-state index < -0.39 is 17.6 Å². The van der Waals surface area contributed by atoms with E-state index in [9.17, 15) is 14.7 Å². The summed E-state index contributed by atoms with van der Waals surface area (Å²) < 4.78 is 11.6. The molecule has 0 fully saturated rings. The number of hydrogen-bond acceptors (Lipinski definition) is 6. The molecule has 0 radical (unpaired) electrons. The Labute approximate surface area is 184 Å². The van der Waals surface area contributed by atoms with Gasteiger partial charge in [-0.3, -0.25) is 9.36 Å². The predicted molar refractivity (Wildman–Crippen MR) is 115 cm³/mol. The van der Waals surface area contributed by atoms with Crippen LogP contribution in [0.2, 0.25) is 5.02 Å². The van der Waals surface area contributed by atoms with Crippen molar-refractivity contribution in [2.75, 3.05) is 27.4 Å². The summed E-state index contributed by atoms with van der Waals surface area (Å²) in [4.78, 5) is 29.6. The number of carboxylic acids is 1. The van der Waals surface area contributed by atoms with E-state index in [1.54, 1.807) is 12.1 Å². The lowest BCUT2D eigenvalue weighted by atomic mass is 9.95. The second-order valence-electron chi connectivity index (χ2n) is 6.45. The molecule has 0 bridgehead atoms. The lowest BCUT2D eigenvalue weighted by Crippen LogP contribution is -2.30. The largest absolute Gasteiger partial charge is 0.495 e. The van der Waals surface area contributed by atoms with Crippen molar-refractivity contribution in [1.82, 2.24) is 4.57 Å². The molecule has 162 valence electrons. The van der Waals surface area contributed by atoms with Gasteiger partial charge in [-0.1, -0.05) is 22.8 Å². The number of hydrogen-bond donors (Lipinski definition) is 1. The zero-order chi connectivity index (χ0) is 21.0. The maximum Gasteiger partial charge on any atom is 0.326 e. The highest BCUT2D eigenvalue weighted by Gasteiger charge is 2.24. The summed E-state index contributed by atoms with van der Waals surface area (Å²) in [7, 11) is 2.93. The van der Waals surface area contributed by atoms with Crippen LogP contribution in [0.3, 0.4) is 0 Å². The van der Waals surface area contributed by atoms with Crippen molar-refractivity contribution in [3.63, 3.8) is 0 Å². The number of aromatic nitrogens is 1. The normalized spacial score (nSPS) is 13.8. The number of carbonyl (C=O) groups is 1. The van der Waals surface area contributed by atoms with Crippen LogP contribution < -0.4 is 10.3 Å². The van der Waals surface area contributed by atoms with Crippen LogP contribution in [-0.4, -0.2) is 48.8 Å². The zero-order valence-corrected chi connectivity index (χ0v) is 18.0. The number of carboxylic acid groups (broad SMARTS) is 1. The molecule has 1 N–H and O–H groups in total. The Morgan fingerprint density at radius 1 is 1.30 bits per heavy atom. The summed E-state index contributed by atoms with van der Waals surface area (Å²) in [5.74, 6) is -0.781. The first kappa shape index (κ1) is 23.7. The molecule has 1 aromatic carbocycles. The molecule has 1 atom stereocenters. The van der Waals surface area contributed by atoms with Gasteiger partial charge in [-0.15, -0.1) is 12.4 Å². The number of ether oxygens (including phenoxy) is 2. The van der Waals surface area contributed by atoms with E-state index in [1.165, 1.54) is 26.5 Å². The van der Waals surface area contributed by atoms with Crippen LogP contribution in [-0.2, 0) is 14.4 Å². The van der Waals surface area contributed by atoms with E-state index in [4.69, 9.17) is 25.9 Å². The lowest BCUT2D eigenvalue weighted by Gasteiger charge is -2.19. The summed E-state index contributed by atoms with van der Waals surface area (Å²) in [5.41, 5.74) is 2.20. The monoisotopic (exact) mass is 456 g/mol. The molecule has 30 heavy (non-hydrogen) atoms. The van der Waals surface area contributed by atoms with E-state index in [2.05, 4.69) is 5.16 Å². The third kappa shape index (κ3) is 4.95. The van der Waals surface area contributed by atoms with Gasteiger partial charge in [0.2, 0.25) is 0 Å². The highest BCUT2D eigenvalue weighted by atomic mass is 35.5. The van der Waals surface area contributed by atoms with E-state index >= 15 is 0 Å². The number of benzene rings is 1. The number of aliphatic carboxylic acids is 1. The number of methoxy groups -OCH3 is 2. The lowest BCUT2D eigenvalue weighted by molar-refractivity contribution is -0.141. The van der Waals surface area contributed by atoms with Crippen LogP contribution in [0.4, 0.5) is 0 Å². The Kier molecular flexibility index (Phi) is 8.28. The molecule has 0 saturated heterocycles. The average Bonchev–Trinajstić information content (AvgIpc) is 3.23. The maximum absolute atomic E-state index is 12.8. The third-order valence-corrected chi connectivity index (χ3v) is 4.90. The topological polar surface area (TPSA) is 99.3 Å². The fourth-order valence-corrected chi connectivity index (χ4v) is 3.41. The fraction of sp³-hybridized carbons (Fsp3) is 0.350. The fourth-order valence-electron chi connectivity index (χ4n) is 3.24. The Balaban J connectivity index is 0.00000320. The smallest absolute Gasteiger partial charge is 0.326 e. The van der Waals surface area contributed by atoms with Crippen LogP contribution in [0.5, 0.6) is 5.75 Å². The maximum atomic E-state index is 12.8. The molecule has 3 rings (SSSR count). The molecule has 0 aliphatic carbocycles. The minimum atomic E-state index is -1.13. The number of rotatable bonds is 8. The molecule has 2 aromatic rings. The van der Waals surface area contributed by atoms with Gasteiger partial charge in [0.15, 0.2) is 0 Å². The minimum absolute atomic E-state index is 0. The van der Waals surface area contributed by atoms with E-state index in [0.29, 0.717) is 34.9 Å². The van der Waals surface area contributed by atoms with Crippen molar-refractivity contribution in [1.29, 1.82) is 0 Å². The average molecular weight is 457 g/mol. The first-order chi connectivity index (χ1) is 14.0. The Morgan fingerprint density at radius 3 is 2.67 bits per heavy atom. The number of halogens is 2. The summed E-state index contributed by atoms with van der Waals surface area (Å²) in [6.07, 6.45) is 2.18. The predicted octanol–water partition coefficient (Wildman–Crippen LogP) is 3.39. The number of oxime groups is 1. The summed E-state index contributed by atoms with van der Waals surface area (Å²) in [6.45, 7) is 0.682. The SMILES string of the molecule is COCCC(C(=O)O)n1cc(OC)c(-c2cc(Cl)ccc2C2=NOCC2)cc1=O.Cl. The van der Waals surface area contributed by atoms with E-state index in [0.717, 1.165) is 15.8 Å². The highest BCUT2D eigenvalue weighted by molar-refractivity contribution is 6.31. The van der Waals surface area contributed by atoms with Crippen LogP contribution >= 0.6 is 24.0 Å². The van der Waals surface area contributed by atoms with E-state index in [-0.39, 0.29) is 25.4 Å². The molecule has 0 saturated carbocycles. The van der Waals surface area contributed by atoms with Crippen molar-refractivity contribution in [2.24, 2.45) is 5.16 Å². The van der Waals surface area contributed by atoms with E-state index in [1.807, 2.05) is 6.07 Å². The summed E-state index contributed by atoms with van der Waals surface area (Å²) >= 11 is 6.20. The van der Waals surface area contributed by atoms with Crippen molar-refractivity contribution < 1.29 is 24.2 Å². The standard InChI is InChI=1S/C20H21ClN2O6.ClH/c1-27-7-6-17(20(25)26)23-11-18(28-2)15(10-19(23)24)14-9-12(21)3-4-13(14)16-5-8-29-22-16;/h3-4,9-11,17H,5-8H2,1-2H3,(H,25,26);1H. The molecule has 1 aliphatic heterocycles. The van der Waals surface area contributed by atoms with Gasteiger partial charge >= 0.3 is 5.97 Å². The van der Waals surface area contributed by atoms with Crippen LogP contribution in [0.15, 0.2) is 40.4 Å². The summed E-state index contributed by atoms with van der Waals surface area (Å²) in [6, 6.07) is 5.55. The van der Waals surface area contributed by atoms with Crippen molar-refractivity contribution in [3.05, 3.63) is 51.4 Å². The quantitative estimate of drug-likeness (QED) is 0.653. The molecule has 2 heterocycles. The van der Waals surface area contributed by atoms with Crippen LogP contribution in [0.1, 0.15) is 24.4 Å². The second-order valence-corrected chi connectivity index (χ2v) is 6.88. The first-order valence-corrected chi connectivity index (χ1v) is 9.35. The molecular formula is C20H22Cl2N2O6. The molecule has 10 heteroatoms. The third-order valence-electron chi connectivity index (χ3n) is 4.67. The molecule has 1 unspecified atom stereocenters. The Morgan fingerprint density at radius 2 is 2.07 bits per heavy atom. The van der Waals surface area contributed by atoms with Gasteiger partial charge in [0.25, 0.3) is 5.56 Å². The zero-order valence-electron chi connectivity index (χ0n) is 16.5. The molecular weight excluding hydrogens is 435 g/mol. The van der Waals surface area contributed by atoms with Gasteiger partial charge in [0.05, 0.1) is 19.0 Å². The molecule has 1 aliphatic rings. The second kappa shape index (κ2) is 10.5. The molecule has 8 nitrogen and oxygen atoms in total. The number of pyridine rings is 1. The minimum Gasteiger partial charge on any atom is -0.495 e. The summed E-state index contributed by atoms with van der Waals surface area (Å²) in [5, 5.41) is 14.1. The Bertz CT molecular complexity index is 1010. The first-order valence-electron chi connectivity index (χ1n) is 8.97. The van der Waals surface area contributed by atoms with Gasteiger partial charge in [-0.2, -0.15) is 0 Å². The van der Waals surface area contributed by atoms with Crippen molar-refractivity contribution in [2.45, 2.75) is 18.9 Å². The van der Waals surface area contributed by atoms with Crippen molar-refractivity contribution in [3.8, 4) is 16.9 Å².